The molecule has 0 heterocycles. The minimum absolute atomic E-state index is 0.0388. The van der Waals surface area contributed by atoms with Crippen LogP contribution in [0.15, 0.2) is 30.3 Å². The van der Waals surface area contributed by atoms with E-state index in [0.29, 0.717) is 54.4 Å². The second kappa shape index (κ2) is 11.1. The maximum Gasteiger partial charge on any atom is 0.335 e. The van der Waals surface area contributed by atoms with Crippen molar-refractivity contribution in [3.8, 4) is 23.0 Å². The predicted octanol–water partition coefficient (Wildman–Crippen LogP) is 5.51. The van der Waals surface area contributed by atoms with Crippen molar-refractivity contribution in [1.29, 1.82) is 0 Å². The maximum absolute atomic E-state index is 12.5. The van der Waals surface area contributed by atoms with Gasteiger partial charge in [-0.05, 0) is 55.0 Å². The van der Waals surface area contributed by atoms with Crippen LogP contribution in [0.3, 0.4) is 0 Å². The zero-order chi connectivity index (χ0) is 24.8. The molecule has 1 atom stereocenters. The lowest BCUT2D eigenvalue weighted by Gasteiger charge is -2.19. The number of carboxylic acids is 1. The van der Waals surface area contributed by atoms with Gasteiger partial charge < -0.3 is 24.4 Å². The van der Waals surface area contributed by atoms with Crippen LogP contribution in [0.1, 0.15) is 66.8 Å². The van der Waals surface area contributed by atoms with Crippen molar-refractivity contribution in [3.63, 3.8) is 0 Å². The Bertz CT molecular complexity index is 989. The highest BCUT2D eigenvalue weighted by Gasteiger charge is 2.22. The molecule has 0 aliphatic carbocycles. The number of phenolic OH excluding ortho intramolecular Hbond substituents is 1. The van der Waals surface area contributed by atoms with Gasteiger partial charge in [-0.2, -0.15) is 0 Å². The first-order valence-corrected chi connectivity index (χ1v) is 11.0. The van der Waals surface area contributed by atoms with Crippen molar-refractivity contribution in [2.24, 2.45) is 11.3 Å². The molecule has 2 rings (SSSR count). The number of Topliss-reactive ketones (excluding diaryl/α,β-unsaturated/α-hetero) is 1. The molecule has 0 saturated carbocycles. The molecule has 1 unspecified atom stereocenters. The number of carbonyl (C=O) groups is 2. The number of hydrogen-bond donors (Lipinski definition) is 2. The fourth-order valence-electron chi connectivity index (χ4n) is 3.25. The van der Waals surface area contributed by atoms with E-state index in [1.807, 2.05) is 27.7 Å². The molecule has 0 saturated heterocycles. The topological polar surface area (TPSA) is 102 Å². The first-order chi connectivity index (χ1) is 15.4. The van der Waals surface area contributed by atoms with Crippen LogP contribution in [0.25, 0.3) is 0 Å². The Kier molecular flexibility index (Phi) is 8.74. The summed E-state index contributed by atoms with van der Waals surface area (Å²) in [5.41, 5.74) is 0.812. The molecule has 33 heavy (non-hydrogen) atoms. The zero-order valence-electron chi connectivity index (χ0n) is 20.2. The van der Waals surface area contributed by atoms with Gasteiger partial charge in [0.1, 0.15) is 11.5 Å². The molecule has 0 bridgehead atoms. The maximum atomic E-state index is 12.5. The third kappa shape index (κ3) is 7.41. The molecule has 7 nitrogen and oxygen atoms in total. The van der Waals surface area contributed by atoms with Gasteiger partial charge in [-0.3, -0.25) is 4.79 Å². The SMILES string of the molecule is COc1ccc(C(=O)O)cc1OCCC(C)COc1ccc(C(=O)CC(C)(C)C)c(O)c1C. The Labute approximate surface area is 195 Å². The second-order valence-electron chi connectivity index (χ2n) is 9.47. The van der Waals surface area contributed by atoms with Crippen LogP contribution in [0.5, 0.6) is 23.0 Å². The lowest BCUT2D eigenvalue weighted by molar-refractivity contribution is 0.0695. The summed E-state index contributed by atoms with van der Waals surface area (Å²) in [5.74, 6) is 0.337. The molecular weight excluding hydrogens is 424 g/mol. The Balaban J connectivity index is 1.93. The number of carboxylic acid groups (broad SMARTS) is 1. The quantitative estimate of drug-likeness (QED) is 0.428. The summed E-state index contributed by atoms with van der Waals surface area (Å²) >= 11 is 0. The van der Waals surface area contributed by atoms with E-state index in [-0.39, 0.29) is 28.4 Å². The summed E-state index contributed by atoms with van der Waals surface area (Å²) in [7, 11) is 1.50. The van der Waals surface area contributed by atoms with E-state index in [2.05, 4.69) is 0 Å². The molecule has 0 spiro atoms. The van der Waals surface area contributed by atoms with Gasteiger partial charge in [-0.25, -0.2) is 4.79 Å². The fourth-order valence-corrected chi connectivity index (χ4v) is 3.25. The molecule has 0 aliphatic rings. The first kappa shape index (κ1) is 26.0. The fraction of sp³-hybridized carbons (Fsp3) is 0.462. The van der Waals surface area contributed by atoms with Crippen molar-refractivity contribution in [2.45, 2.75) is 47.5 Å². The third-order valence-electron chi connectivity index (χ3n) is 5.17. The number of aromatic carboxylic acids is 1. The number of hydrogen-bond acceptors (Lipinski definition) is 6. The molecule has 180 valence electrons. The summed E-state index contributed by atoms with van der Waals surface area (Å²) < 4.78 is 16.9. The van der Waals surface area contributed by atoms with E-state index < -0.39 is 5.97 Å². The van der Waals surface area contributed by atoms with Gasteiger partial charge in [0.25, 0.3) is 0 Å². The second-order valence-corrected chi connectivity index (χ2v) is 9.47. The minimum Gasteiger partial charge on any atom is -0.507 e. The standard InChI is InChI=1S/C26H34O7/c1-16(11-12-32-23-13-18(25(29)30)7-9-22(23)31-6)15-33-21-10-8-19(24(28)17(21)2)20(27)14-26(3,4)5/h7-10,13,16,28H,11-12,14-15H2,1-6H3,(H,29,30). The summed E-state index contributed by atoms with van der Waals surface area (Å²) in [5, 5.41) is 19.7. The van der Waals surface area contributed by atoms with E-state index in [1.54, 1.807) is 25.1 Å². The zero-order valence-corrected chi connectivity index (χ0v) is 20.2. The molecule has 0 amide bonds. The van der Waals surface area contributed by atoms with Gasteiger partial charge in [0, 0.05) is 12.0 Å². The number of aromatic hydroxyl groups is 1. The smallest absolute Gasteiger partial charge is 0.335 e. The summed E-state index contributed by atoms with van der Waals surface area (Å²) in [6.45, 7) is 10.4. The number of methoxy groups -OCH3 is 1. The summed E-state index contributed by atoms with van der Waals surface area (Å²) in [4.78, 5) is 23.7. The number of phenols is 1. The molecule has 2 aromatic carbocycles. The highest BCUT2D eigenvalue weighted by molar-refractivity contribution is 5.99. The van der Waals surface area contributed by atoms with Crippen molar-refractivity contribution in [2.75, 3.05) is 20.3 Å². The molecule has 2 N–H and O–H groups in total. The van der Waals surface area contributed by atoms with Crippen LogP contribution in [-0.2, 0) is 0 Å². The van der Waals surface area contributed by atoms with E-state index in [0.717, 1.165) is 0 Å². The van der Waals surface area contributed by atoms with Crippen LogP contribution in [-0.4, -0.2) is 42.3 Å². The van der Waals surface area contributed by atoms with Crippen LogP contribution in [0.4, 0.5) is 0 Å². The predicted molar refractivity (Wildman–Crippen MR) is 126 cm³/mol. The van der Waals surface area contributed by atoms with Crippen molar-refractivity contribution in [1.82, 2.24) is 0 Å². The minimum atomic E-state index is -1.03. The van der Waals surface area contributed by atoms with Gasteiger partial charge >= 0.3 is 5.97 Å². The Morgan fingerprint density at radius 1 is 1.03 bits per heavy atom. The molecule has 0 radical (unpaired) electrons. The number of carbonyl (C=O) groups excluding carboxylic acids is 1. The van der Waals surface area contributed by atoms with Crippen LogP contribution < -0.4 is 14.2 Å². The van der Waals surface area contributed by atoms with E-state index in [9.17, 15) is 14.7 Å². The average molecular weight is 459 g/mol. The van der Waals surface area contributed by atoms with Gasteiger partial charge in [0.2, 0.25) is 0 Å². The average Bonchev–Trinajstić information content (AvgIpc) is 2.73. The van der Waals surface area contributed by atoms with Crippen LogP contribution >= 0.6 is 0 Å². The monoisotopic (exact) mass is 458 g/mol. The van der Waals surface area contributed by atoms with Crippen LogP contribution in [0.2, 0.25) is 0 Å². The molecular formula is C26H34O7. The number of ketones is 1. The van der Waals surface area contributed by atoms with Gasteiger partial charge in [-0.1, -0.05) is 27.7 Å². The van der Waals surface area contributed by atoms with Crippen molar-refractivity contribution in [3.05, 3.63) is 47.0 Å². The molecule has 7 heteroatoms. The van der Waals surface area contributed by atoms with Crippen LogP contribution in [0, 0.1) is 18.3 Å². The number of benzene rings is 2. The molecule has 2 aromatic rings. The Hall–Kier alpha value is -3.22. The van der Waals surface area contributed by atoms with Gasteiger partial charge in [0.05, 0.1) is 31.5 Å². The van der Waals surface area contributed by atoms with Gasteiger partial charge in [0.15, 0.2) is 17.3 Å². The van der Waals surface area contributed by atoms with Crippen molar-refractivity contribution < 1.29 is 34.0 Å². The van der Waals surface area contributed by atoms with E-state index in [4.69, 9.17) is 19.3 Å². The highest BCUT2D eigenvalue weighted by Crippen LogP contribution is 2.33. The Morgan fingerprint density at radius 3 is 2.30 bits per heavy atom. The highest BCUT2D eigenvalue weighted by atomic mass is 16.5. The van der Waals surface area contributed by atoms with Gasteiger partial charge in [-0.15, -0.1) is 0 Å². The molecule has 0 fully saturated rings. The largest absolute Gasteiger partial charge is 0.507 e. The molecule has 0 aliphatic heterocycles. The summed E-state index contributed by atoms with van der Waals surface area (Å²) in [6.07, 6.45) is 1.00. The number of rotatable bonds is 11. The number of ether oxygens (including phenoxy) is 3. The lowest BCUT2D eigenvalue weighted by atomic mass is 9.87. The third-order valence-corrected chi connectivity index (χ3v) is 5.17. The first-order valence-electron chi connectivity index (χ1n) is 11.0. The Morgan fingerprint density at radius 2 is 1.70 bits per heavy atom. The van der Waals surface area contributed by atoms with Crippen molar-refractivity contribution >= 4 is 11.8 Å². The molecule has 0 aromatic heterocycles. The normalized spacial score (nSPS) is 12.2. The lowest BCUT2D eigenvalue weighted by Crippen LogP contribution is -2.15. The summed E-state index contributed by atoms with van der Waals surface area (Å²) in [6, 6.07) is 7.80. The van der Waals surface area contributed by atoms with E-state index in [1.165, 1.54) is 19.2 Å². The van der Waals surface area contributed by atoms with E-state index >= 15 is 0 Å².